The second kappa shape index (κ2) is 4.85. The third-order valence-electron chi connectivity index (χ3n) is 3.49. The summed E-state index contributed by atoms with van der Waals surface area (Å²) in [5.74, 6) is 0. The molecule has 1 spiro atoms. The molecule has 6 nitrogen and oxygen atoms in total. The SMILES string of the molecule is Cc1ccc(S(=O)(=O)N2C(=O)OCC23C=CCCO3)cc1. The molecule has 0 saturated carbocycles. The molecule has 1 unspecified atom stereocenters. The van der Waals surface area contributed by atoms with Gasteiger partial charge < -0.3 is 9.47 Å². The summed E-state index contributed by atoms with van der Waals surface area (Å²) in [6, 6.07) is 6.30. The Labute approximate surface area is 123 Å². The fraction of sp³-hybridized carbons (Fsp3) is 0.357. The molecule has 1 fully saturated rings. The summed E-state index contributed by atoms with van der Waals surface area (Å²) in [5, 5.41) is 0. The Bertz CT molecular complexity index is 695. The van der Waals surface area contributed by atoms with Crippen LogP contribution in [-0.4, -0.2) is 37.8 Å². The van der Waals surface area contributed by atoms with Gasteiger partial charge in [-0.15, -0.1) is 0 Å². The number of hydrogen-bond acceptors (Lipinski definition) is 5. The van der Waals surface area contributed by atoms with Gasteiger partial charge in [0.05, 0.1) is 11.5 Å². The molecule has 0 radical (unpaired) electrons. The average molecular weight is 309 g/mol. The number of amides is 1. The summed E-state index contributed by atoms with van der Waals surface area (Å²) in [5.41, 5.74) is -0.430. The maximum Gasteiger partial charge on any atom is 0.426 e. The lowest BCUT2D eigenvalue weighted by molar-refractivity contribution is -0.0626. The first kappa shape index (κ1) is 14.1. The monoisotopic (exact) mass is 309 g/mol. The topological polar surface area (TPSA) is 72.9 Å². The van der Waals surface area contributed by atoms with Crippen molar-refractivity contribution >= 4 is 16.1 Å². The number of sulfonamides is 1. The van der Waals surface area contributed by atoms with Crippen LogP contribution in [0.25, 0.3) is 0 Å². The quantitative estimate of drug-likeness (QED) is 0.779. The van der Waals surface area contributed by atoms with Gasteiger partial charge in [-0.05, 0) is 31.6 Å². The van der Waals surface area contributed by atoms with Crippen molar-refractivity contribution in [2.24, 2.45) is 0 Å². The molecule has 2 aliphatic heterocycles. The van der Waals surface area contributed by atoms with Gasteiger partial charge in [0.2, 0.25) is 5.72 Å². The first-order valence-electron chi connectivity index (χ1n) is 6.56. The summed E-state index contributed by atoms with van der Waals surface area (Å²) in [6.07, 6.45) is 3.13. The minimum absolute atomic E-state index is 0.0360. The minimum Gasteiger partial charge on any atom is -0.443 e. The number of ether oxygens (including phenoxy) is 2. The number of carbonyl (C=O) groups excluding carboxylic acids is 1. The second-order valence-electron chi connectivity index (χ2n) is 5.02. The van der Waals surface area contributed by atoms with Crippen LogP contribution in [0.4, 0.5) is 4.79 Å². The lowest BCUT2D eigenvalue weighted by Crippen LogP contribution is -2.52. The van der Waals surface area contributed by atoms with E-state index >= 15 is 0 Å². The molecular formula is C14H15NO5S. The first-order valence-corrected chi connectivity index (χ1v) is 8.00. The van der Waals surface area contributed by atoms with Crippen LogP contribution in [0.2, 0.25) is 0 Å². The maximum absolute atomic E-state index is 12.7. The van der Waals surface area contributed by atoms with Crippen molar-refractivity contribution in [2.75, 3.05) is 13.2 Å². The molecule has 112 valence electrons. The van der Waals surface area contributed by atoms with E-state index in [0.717, 1.165) is 5.56 Å². The fourth-order valence-electron chi connectivity index (χ4n) is 2.39. The van der Waals surface area contributed by atoms with Gasteiger partial charge in [-0.25, -0.2) is 13.2 Å². The van der Waals surface area contributed by atoms with Gasteiger partial charge in [0.15, 0.2) is 0 Å². The van der Waals surface area contributed by atoms with E-state index in [1.165, 1.54) is 12.1 Å². The predicted octanol–water partition coefficient (Wildman–Crippen LogP) is 1.81. The smallest absolute Gasteiger partial charge is 0.426 e. The molecule has 1 aromatic carbocycles. The fourth-order valence-corrected chi connectivity index (χ4v) is 3.90. The van der Waals surface area contributed by atoms with E-state index in [1.807, 2.05) is 6.92 Å². The molecule has 0 aromatic heterocycles. The highest BCUT2D eigenvalue weighted by Gasteiger charge is 2.54. The molecule has 7 heteroatoms. The van der Waals surface area contributed by atoms with Gasteiger partial charge in [-0.3, -0.25) is 0 Å². The van der Waals surface area contributed by atoms with E-state index in [9.17, 15) is 13.2 Å². The Morgan fingerprint density at radius 3 is 2.57 bits per heavy atom. The van der Waals surface area contributed by atoms with Crippen molar-refractivity contribution in [1.29, 1.82) is 0 Å². The van der Waals surface area contributed by atoms with E-state index in [4.69, 9.17) is 9.47 Å². The summed E-state index contributed by atoms with van der Waals surface area (Å²) < 4.78 is 36.7. The van der Waals surface area contributed by atoms with Gasteiger partial charge in [0.25, 0.3) is 10.0 Å². The van der Waals surface area contributed by atoms with Crippen LogP contribution in [0.3, 0.4) is 0 Å². The molecule has 2 heterocycles. The van der Waals surface area contributed by atoms with Crippen molar-refractivity contribution < 1.29 is 22.7 Å². The number of rotatable bonds is 2. The number of benzene rings is 1. The van der Waals surface area contributed by atoms with Gasteiger partial charge in [0, 0.05) is 0 Å². The number of carbonyl (C=O) groups is 1. The van der Waals surface area contributed by atoms with Gasteiger partial charge in [0.1, 0.15) is 6.61 Å². The molecule has 3 rings (SSSR count). The Morgan fingerprint density at radius 2 is 1.95 bits per heavy atom. The highest BCUT2D eigenvalue weighted by Crippen LogP contribution is 2.35. The summed E-state index contributed by atoms with van der Waals surface area (Å²) >= 11 is 0. The second-order valence-corrected chi connectivity index (χ2v) is 6.81. The summed E-state index contributed by atoms with van der Waals surface area (Å²) in [4.78, 5) is 12.0. The van der Waals surface area contributed by atoms with E-state index < -0.39 is 21.8 Å². The summed E-state index contributed by atoms with van der Waals surface area (Å²) in [6.45, 7) is 2.06. The van der Waals surface area contributed by atoms with Crippen LogP contribution in [0.5, 0.6) is 0 Å². The van der Waals surface area contributed by atoms with Crippen molar-refractivity contribution in [1.82, 2.24) is 4.31 Å². The van der Waals surface area contributed by atoms with Crippen LogP contribution in [0.1, 0.15) is 12.0 Å². The zero-order valence-electron chi connectivity index (χ0n) is 11.5. The lowest BCUT2D eigenvalue weighted by Gasteiger charge is -2.33. The number of hydrogen-bond donors (Lipinski definition) is 0. The molecule has 0 bridgehead atoms. The molecule has 1 saturated heterocycles. The molecule has 1 aromatic rings. The molecular weight excluding hydrogens is 294 g/mol. The van der Waals surface area contributed by atoms with Crippen LogP contribution >= 0.6 is 0 Å². The Morgan fingerprint density at radius 1 is 1.24 bits per heavy atom. The van der Waals surface area contributed by atoms with E-state index in [-0.39, 0.29) is 11.5 Å². The van der Waals surface area contributed by atoms with Gasteiger partial charge in [-0.1, -0.05) is 23.8 Å². The number of cyclic esters (lactones) is 1. The van der Waals surface area contributed by atoms with E-state index in [0.29, 0.717) is 17.3 Å². The van der Waals surface area contributed by atoms with Crippen molar-refractivity contribution in [3.05, 3.63) is 42.0 Å². The molecule has 21 heavy (non-hydrogen) atoms. The molecule has 2 aliphatic rings. The van der Waals surface area contributed by atoms with Gasteiger partial charge in [-0.2, -0.15) is 4.31 Å². The first-order chi connectivity index (χ1) is 9.96. The lowest BCUT2D eigenvalue weighted by atomic mass is 10.1. The molecule has 1 amide bonds. The van der Waals surface area contributed by atoms with Crippen LogP contribution in [0.15, 0.2) is 41.3 Å². The third-order valence-corrected chi connectivity index (χ3v) is 5.29. The standard InChI is InChI=1S/C14H15NO5S/c1-11-4-6-12(7-5-11)21(17,18)15-13(16)19-10-14(15)8-2-3-9-20-14/h2,4-8H,3,9-10H2,1H3. The third kappa shape index (κ3) is 2.22. The van der Waals surface area contributed by atoms with E-state index in [1.54, 1.807) is 24.3 Å². The average Bonchev–Trinajstić information content (AvgIpc) is 2.77. The number of aryl methyl sites for hydroxylation is 1. The van der Waals surface area contributed by atoms with Crippen molar-refractivity contribution in [2.45, 2.75) is 24.0 Å². The number of nitrogens with zero attached hydrogens (tertiary/aromatic N) is 1. The zero-order chi connectivity index (χ0) is 15.1. The van der Waals surface area contributed by atoms with Crippen LogP contribution < -0.4 is 0 Å². The Kier molecular flexibility index (Phi) is 3.26. The van der Waals surface area contributed by atoms with Crippen molar-refractivity contribution in [3.8, 4) is 0 Å². The minimum atomic E-state index is -4.03. The van der Waals surface area contributed by atoms with Crippen molar-refractivity contribution in [3.63, 3.8) is 0 Å². The van der Waals surface area contributed by atoms with Crippen LogP contribution in [-0.2, 0) is 19.5 Å². The molecule has 1 atom stereocenters. The highest BCUT2D eigenvalue weighted by molar-refractivity contribution is 7.89. The zero-order valence-corrected chi connectivity index (χ0v) is 12.3. The predicted molar refractivity (Wildman–Crippen MR) is 74.0 cm³/mol. The highest BCUT2D eigenvalue weighted by atomic mass is 32.2. The van der Waals surface area contributed by atoms with Gasteiger partial charge >= 0.3 is 6.09 Å². The molecule has 0 N–H and O–H groups in total. The summed E-state index contributed by atoms with van der Waals surface area (Å²) in [7, 11) is -4.03. The van der Waals surface area contributed by atoms with E-state index in [2.05, 4.69) is 0 Å². The largest absolute Gasteiger partial charge is 0.443 e. The Balaban J connectivity index is 2.07. The van der Waals surface area contributed by atoms with Crippen LogP contribution in [0, 0.1) is 6.92 Å². The maximum atomic E-state index is 12.7. The normalized spacial score (nSPS) is 25.4. The molecule has 0 aliphatic carbocycles. The Hall–Kier alpha value is -1.86.